The zero-order valence-electron chi connectivity index (χ0n) is 12.6. The molecule has 1 aliphatic heterocycles. The molecule has 118 valence electrons. The second-order valence-corrected chi connectivity index (χ2v) is 5.92. The number of hydrogen-bond acceptors (Lipinski definition) is 2. The summed E-state index contributed by atoms with van der Waals surface area (Å²) < 4.78 is 39.9. The van der Waals surface area contributed by atoms with Gasteiger partial charge in [-0.3, -0.25) is 0 Å². The van der Waals surface area contributed by atoms with Gasteiger partial charge in [-0.05, 0) is 50.3 Å². The number of hydrogen-bond donors (Lipinski definition) is 1. The molecule has 0 bridgehead atoms. The number of nitrogens with two attached hydrogens (primary N) is 1. The van der Waals surface area contributed by atoms with Crippen LogP contribution in [0.2, 0.25) is 0 Å². The minimum atomic E-state index is -4.33. The summed E-state index contributed by atoms with van der Waals surface area (Å²) >= 11 is 0. The highest BCUT2D eigenvalue weighted by Crippen LogP contribution is 2.37. The van der Waals surface area contributed by atoms with Gasteiger partial charge in [-0.2, -0.15) is 13.2 Å². The van der Waals surface area contributed by atoms with Crippen LogP contribution >= 0.6 is 0 Å². The van der Waals surface area contributed by atoms with Crippen molar-refractivity contribution < 1.29 is 13.2 Å². The van der Waals surface area contributed by atoms with E-state index in [2.05, 4.69) is 11.8 Å². The number of halogens is 3. The van der Waals surface area contributed by atoms with E-state index in [-0.39, 0.29) is 18.0 Å². The second kappa shape index (κ2) is 6.26. The van der Waals surface area contributed by atoms with Crippen LogP contribution in [0, 0.1) is 0 Å². The van der Waals surface area contributed by atoms with Gasteiger partial charge in [-0.15, -0.1) is 0 Å². The first-order valence-electron chi connectivity index (χ1n) is 7.55. The molecule has 0 radical (unpaired) electrons. The Bertz CT molecular complexity index is 483. The van der Waals surface area contributed by atoms with Crippen LogP contribution in [-0.2, 0) is 12.6 Å². The van der Waals surface area contributed by atoms with Crippen LogP contribution in [0.3, 0.4) is 0 Å². The van der Waals surface area contributed by atoms with Crippen molar-refractivity contribution >= 4 is 5.69 Å². The Hall–Kier alpha value is -1.23. The second-order valence-electron chi connectivity index (χ2n) is 5.92. The Morgan fingerprint density at radius 2 is 2.10 bits per heavy atom. The largest absolute Gasteiger partial charge is 0.416 e. The van der Waals surface area contributed by atoms with Crippen LogP contribution in [0.15, 0.2) is 18.2 Å². The lowest BCUT2D eigenvalue weighted by Gasteiger charge is -2.27. The molecule has 1 aromatic carbocycles. The molecule has 2 N–H and O–H groups in total. The first-order valence-corrected chi connectivity index (χ1v) is 7.55. The van der Waals surface area contributed by atoms with E-state index < -0.39 is 11.7 Å². The van der Waals surface area contributed by atoms with E-state index in [0.29, 0.717) is 11.7 Å². The molecule has 0 aromatic heterocycles. The highest BCUT2D eigenvalue weighted by Gasteiger charge is 2.34. The molecule has 1 heterocycles. The van der Waals surface area contributed by atoms with Gasteiger partial charge in [0.1, 0.15) is 0 Å². The summed E-state index contributed by atoms with van der Waals surface area (Å²) in [5.41, 5.74) is 6.09. The number of rotatable bonds is 4. The van der Waals surface area contributed by atoms with Gasteiger partial charge in [0.15, 0.2) is 0 Å². The third-order valence-corrected chi connectivity index (χ3v) is 4.12. The predicted molar refractivity (Wildman–Crippen MR) is 79.5 cm³/mol. The molecule has 0 aliphatic carbocycles. The summed E-state index contributed by atoms with van der Waals surface area (Å²) in [6.07, 6.45) is -1.03. The van der Waals surface area contributed by atoms with Gasteiger partial charge in [-0.1, -0.05) is 13.0 Å². The maximum atomic E-state index is 13.3. The van der Waals surface area contributed by atoms with Crippen molar-refractivity contribution in [2.45, 2.75) is 57.8 Å². The fraction of sp³-hybridized carbons (Fsp3) is 0.625. The fourth-order valence-corrected chi connectivity index (χ4v) is 3.13. The molecule has 1 fully saturated rings. The average Bonchev–Trinajstić information content (AvgIpc) is 2.85. The highest BCUT2D eigenvalue weighted by atomic mass is 19.4. The van der Waals surface area contributed by atoms with Crippen molar-refractivity contribution in [3.05, 3.63) is 29.3 Å². The van der Waals surface area contributed by atoms with Crippen LogP contribution in [0.25, 0.3) is 0 Å². The van der Waals surface area contributed by atoms with Gasteiger partial charge in [0.2, 0.25) is 0 Å². The average molecular weight is 300 g/mol. The fourth-order valence-electron chi connectivity index (χ4n) is 3.13. The van der Waals surface area contributed by atoms with E-state index in [1.807, 2.05) is 0 Å². The Labute approximate surface area is 124 Å². The smallest absolute Gasteiger partial charge is 0.369 e. The third-order valence-electron chi connectivity index (χ3n) is 4.12. The molecule has 1 saturated heterocycles. The summed E-state index contributed by atoms with van der Waals surface area (Å²) in [7, 11) is 0. The molecule has 2 nitrogen and oxygen atoms in total. The SMILES string of the molecule is CCC1CCCN1c1ccc(CC(C)N)c(C(F)(F)F)c1. The topological polar surface area (TPSA) is 29.3 Å². The van der Waals surface area contributed by atoms with Gasteiger partial charge < -0.3 is 10.6 Å². The van der Waals surface area contributed by atoms with E-state index in [1.54, 1.807) is 19.1 Å². The van der Waals surface area contributed by atoms with Gasteiger partial charge in [0.25, 0.3) is 0 Å². The number of alkyl halides is 3. The molecule has 0 spiro atoms. The maximum Gasteiger partial charge on any atom is 0.416 e. The van der Waals surface area contributed by atoms with Crippen molar-refractivity contribution in [3.8, 4) is 0 Å². The van der Waals surface area contributed by atoms with Crippen molar-refractivity contribution in [1.29, 1.82) is 0 Å². The van der Waals surface area contributed by atoms with Crippen LogP contribution in [0.1, 0.15) is 44.2 Å². The van der Waals surface area contributed by atoms with Crippen molar-refractivity contribution in [2.24, 2.45) is 5.73 Å². The Morgan fingerprint density at radius 3 is 2.67 bits per heavy atom. The summed E-state index contributed by atoms with van der Waals surface area (Å²) in [5, 5.41) is 0. The number of anilines is 1. The first kappa shape index (κ1) is 16.1. The summed E-state index contributed by atoms with van der Waals surface area (Å²) in [6, 6.07) is 4.76. The predicted octanol–water partition coefficient (Wildman–Crippen LogP) is 3.97. The molecule has 2 atom stereocenters. The zero-order chi connectivity index (χ0) is 15.6. The van der Waals surface area contributed by atoms with Gasteiger partial charge in [0, 0.05) is 24.3 Å². The van der Waals surface area contributed by atoms with E-state index in [0.717, 1.165) is 25.8 Å². The van der Waals surface area contributed by atoms with Gasteiger partial charge >= 0.3 is 6.18 Å². The summed E-state index contributed by atoms with van der Waals surface area (Å²) in [6.45, 7) is 4.64. The first-order chi connectivity index (χ1) is 9.82. The van der Waals surface area contributed by atoms with E-state index in [9.17, 15) is 13.2 Å². The minimum absolute atomic E-state index is 0.242. The molecule has 1 aliphatic rings. The number of benzene rings is 1. The molecular weight excluding hydrogens is 277 g/mol. The van der Waals surface area contributed by atoms with Crippen molar-refractivity contribution in [3.63, 3.8) is 0 Å². The third kappa shape index (κ3) is 3.70. The molecule has 0 amide bonds. The minimum Gasteiger partial charge on any atom is -0.369 e. The number of nitrogens with zero attached hydrogens (tertiary/aromatic N) is 1. The Balaban J connectivity index is 2.37. The summed E-state index contributed by atoms with van der Waals surface area (Å²) in [4.78, 5) is 2.10. The van der Waals surface area contributed by atoms with Crippen LogP contribution in [0.4, 0.5) is 18.9 Å². The van der Waals surface area contributed by atoms with E-state index >= 15 is 0 Å². The van der Waals surface area contributed by atoms with Crippen molar-refractivity contribution in [1.82, 2.24) is 0 Å². The molecular formula is C16H23F3N2. The lowest BCUT2D eigenvalue weighted by Crippen LogP contribution is -2.29. The lowest BCUT2D eigenvalue weighted by atomic mass is 9.99. The maximum absolute atomic E-state index is 13.3. The van der Waals surface area contributed by atoms with Crippen molar-refractivity contribution in [2.75, 3.05) is 11.4 Å². The quantitative estimate of drug-likeness (QED) is 0.911. The Kier molecular flexibility index (Phi) is 4.81. The normalized spacial score (nSPS) is 20.9. The standard InChI is InChI=1S/C16H23F3N2/c1-3-13-5-4-8-21(13)14-7-6-12(9-11(2)20)15(10-14)16(17,18)19/h6-7,10-11,13H,3-5,8-9,20H2,1-2H3. The molecule has 2 unspecified atom stereocenters. The summed E-state index contributed by atoms with van der Waals surface area (Å²) in [5.74, 6) is 0. The van der Waals surface area contributed by atoms with Crippen LogP contribution < -0.4 is 10.6 Å². The lowest BCUT2D eigenvalue weighted by molar-refractivity contribution is -0.138. The molecule has 1 aromatic rings. The molecule has 21 heavy (non-hydrogen) atoms. The Morgan fingerprint density at radius 1 is 1.38 bits per heavy atom. The molecule has 5 heteroatoms. The van der Waals surface area contributed by atoms with Gasteiger partial charge in [-0.25, -0.2) is 0 Å². The van der Waals surface area contributed by atoms with Crippen LogP contribution in [-0.4, -0.2) is 18.6 Å². The monoisotopic (exact) mass is 300 g/mol. The molecule has 2 rings (SSSR count). The van der Waals surface area contributed by atoms with E-state index in [1.165, 1.54) is 6.07 Å². The van der Waals surface area contributed by atoms with Crippen LogP contribution in [0.5, 0.6) is 0 Å². The van der Waals surface area contributed by atoms with E-state index in [4.69, 9.17) is 5.73 Å². The van der Waals surface area contributed by atoms with Gasteiger partial charge in [0.05, 0.1) is 5.56 Å². The zero-order valence-corrected chi connectivity index (χ0v) is 12.6. The highest BCUT2D eigenvalue weighted by molar-refractivity contribution is 5.53. The molecule has 0 saturated carbocycles.